The number of hydrogen-bond donors (Lipinski definition) is 2. The number of carbonyl (C=O) groups is 2. The minimum atomic E-state index is -0.873. The fraction of sp³-hybridized carbons (Fsp3) is 0.529. The van der Waals surface area contributed by atoms with Gasteiger partial charge in [-0.2, -0.15) is 0 Å². The van der Waals surface area contributed by atoms with Gasteiger partial charge >= 0.3 is 11.9 Å². The number of methoxy groups -OCH3 is 1. The van der Waals surface area contributed by atoms with Gasteiger partial charge in [0.15, 0.2) is 0 Å². The highest BCUT2D eigenvalue weighted by Gasteiger charge is 2.52. The van der Waals surface area contributed by atoms with Crippen LogP contribution in [0.4, 0.5) is 0 Å². The van der Waals surface area contributed by atoms with Crippen LogP contribution in [0.1, 0.15) is 46.8 Å². The van der Waals surface area contributed by atoms with Gasteiger partial charge in [0.25, 0.3) is 0 Å². The summed E-state index contributed by atoms with van der Waals surface area (Å²) in [4.78, 5) is 22.6. The van der Waals surface area contributed by atoms with E-state index in [-0.39, 0.29) is 30.4 Å². The number of fused-ring (bicyclic) bond motifs is 1. The van der Waals surface area contributed by atoms with E-state index in [4.69, 9.17) is 19.3 Å². The Morgan fingerprint density at radius 1 is 1.46 bits per heavy atom. The Labute approximate surface area is 139 Å². The van der Waals surface area contributed by atoms with Gasteiger partial charge in [-0.25, -0.2) is 4.79 Å². The van der Waals surface area contributed by atoms with Gasteiger partial charge in [0.05, 0.1) is 18.8 Å². The van der Waals surface area contributed by atoms with Gasteiger partial charge in [0.1, 0.15) is 23.7 Å². The van der Waals surface area contributed by atoms with E-state index >= 15 is 0 Å². The number of benzene rings is 1. The van der Waals surface area contributed by atoms with Crippen LogP contribution in [-0.2, 0) is 27.3 Å². The monoisotopic (exact) mass is 336 g/mol. The highest BCUT2D eigenvalue weighted by Crippen LogP contribution is 2.47. The summed E-state index contributed by atoms with van der Waals surface area (Å²) < 4.78 is 16.1. The average molecular weight is 336 g/mol. The zero-order valence-electron chi connectivity index (χ0n) is 13.8. The fourth-order valence-corrected chi connectivity index (χ4v) is 3.34. The van der Waals surface area contributed by atoms with Crippen LogP contribution in [0.25, 0.3) is 0 Å². The van der Waals surface area contributed by atoms with Crippen molar-refractivity contribution in [3.8, 4) is 11.5 Å². The number of rotatable bonds is 6. The zero-order valence-corrected chi connectivity index (χ0v) is 13.8. The minimum absolute atomic E-state index is 0.0195. The van der Waals surface area contributed by atoms with Gasteiger partial charge < -0.3 is 24.4 Å². The molecule has 2 aliphatic rings. The van der Waals surface area contributed by atoms with Gasteiger partial charge in [-0.1, -0.05) is 0 Å². The maximum absolute atomic E-state index is 11.9. The fourth-order valence-electron chi connectivity index (χ4n) is 3.34. The van der Waals surface area contributed by atoms with Crippen LogP contribution in [0.2, 0.25) is 0 Å². The standard InChI is InChI=1S/C17H20O7/c1-8-10-7-23-16(21)13(10)14(20)9(15(8)22-3)6-11-17(2,24-11)5-4-12(18)19/h11,20H,4-7H2,1-3H3,(H,18,19). The van der Waals surface area contributed by atoms with E-state index in [0.29, 0.717) is 29.7 Å². The molecule has 1 fully saturated rings. The molecule has 1 aromatic rings. The third-order valence-electron chi connectivity index (χ3n) is 4.91. The summed E-state index contributed by atoms with van der Waals surface area (Å²) in [6, 6.07) is 0. The van der Waals surface area contributed by atoms with Crippen molar-refractivity contribution >= 4 is 11.9 Å². The number of phenols is 1. The molecule has 0 bridgehead atoms. The second-order valence-corrected chi connectivity index (χ2v) is 6.43. The highest BCUT2D eigenvalue weighted by atomic mass is 16.6. The number of phenolic OH excluding ortho intramolecular Hbond substituents is 1. The Balaban J connectivity index is 1.90. The first kappa shape index (κ1) is 16.6. The Morgan fingerprint density at radius 3 is 2.79 bits per heavy atom. The molecule has 7 heteroatoms. The summed E-state index contributed by atoms with van der Waals surface area (Å²) in [6.07, 6.45) is 0.520. The number of epoxide rings is 1. The molecule has 0 aromatic heterocycles. The maximum atomic E-state index is 11.9. The van der Waals surface area contributed by atoms with E-state index in [2.05, 4.69) is 0 Å². The van der Waals surface area contributed by atoms with Crippen LogP contribution in [0, 0.1) is 6.92 Å². The Kier molecular flexibility index (Phi) is 3.91. The van der Waals surface area contributed by atoms with E-state index in [1.54, 1.807) is 0 Å². The SMILES string of the molecule is COc1c(C)c2c(c(O)c1CC1OC1(C)CCC(=O)O)C(=O)OC2. The quantitative estimate of drug-likeness (QED) is 0.604. The molecular weight excluding hydrogens is 316 g/mol. The van der Waals surface area contributed by atoms with Crippen molar-refractivity contribution in [2.45, 2.75) is 51.4 Å². The average Bonchev–Trinajstić information content (AvgIpc) is 2.99. The van der Waals surface area contributed by atoms with Crippen molar-refractivity contribution in [3.63, 3.8) is 0 Å². The van der Waals surface area contributed by atoms with Crippen LogP contribution >= 0.6 is 0 Å². The molecule has 2 unspecified atom stereocenters. The molecule has 1 saturated heterocycles. The second-order valence-electron chi connectivity index (χ2n) is 6.43. The first-order valence-corrected chi connectivity index (χ1v) is 7.76. The summed E-state index contributed by atoms with van der Waals surface area (Å²) in [5.74, 6) is -1.03. The third kappa shape index (κ3) is 2.58. The van der Waals surface area contributed by atoms with Gasteiger partial charge in [0, 0.05) is 24.0 Å². The molecule has 2 aliphatic heterocycles. The normalized spacial score (nSPS) is 24.5. The minimum Gasteiger partial charge on any atom is -0.507 e. The van der Waals surface area contributed by atoms with Crippen LogP contribution in [0.5, 0.6) is 11.5 Å². The number of carboxylic acid groups (broad SMARTS) is 1. The predicted octanol–water partition coefficient (Wildman–Crippen LogP) is 1.94. The van der Waals surface area contributed by atoms with E-state index in [9.17, 15) is 14.7 Å². The molecule has 24 heavy (non-hydrogen) atoms. The van der Waals surface area contributed by atoms with E-state index < -0.39 is 17.5 Å². The summed E-state index contributed by atoms with van der Waals surface area (Å²) in [7, 11) is 1.51. The number of carbonyl (C=O) groups excluding carboxylic acids is 1. The lowest BCUT2D eigenvalue weighted by Gasteiger charge is -2.16. The van der Waals surface area contributed by atoms with Crippen molar-refractivity contribution < 1.29 is 34.0 Å². The topological polar surface area (TPSA) is 106 Å². The van der Waals surface area contributed by atoms with Crippen molar-refractivity contribution in [1.29, 1.82) is 0 Å². The summed E-state index contributed by atoms with van der Waals surface area (Å²) >= 11 is 0. The molecule has 7 nitrogen and oxygen atoms in total. The van der Waals surface area contributed by atoms with Crippen molar-refractivity contribution in [2.75, 3.05) is 7.11 Å². The molecule has 2 N–H and O–H groups in total. The zero-order chi connectivity index (χ0) is 17.6. The summed E-state index contributed by atoms with van der Waals surface area (Å²) in [5, 5.41) is 19.4. The van der Waals surface area contributed by atoms with Crippen LogP contribution in [0.3, 0.4) is 0 Å². The Morgan fingerprint density at radius 2 is 2.17 bits per heavy atom. The second kappa shape index (κ2) is 5.66. The molecule has 0 saturated carbocycles. The number of esters is 1. The van der Waals surface area contributed by atoms with Crippen LogP contribution in [0.15, 0.2) is 0 Å². The lowest BCUT2D eigenvalue weighted by atomic mass is 9.91. The number of hydrogen-bond acceptors (Lipinski definition) is 6. The maximum Gasteiger partial charge on any atom is 0.342 e. The molecule has 0 amide bonds. The van der Waals surface area contributed by atoms with Gasteiger partial charge in [-0.05, 0) is 25.8 Å². The van der Waals surface area contributed by atoms with Gasteiger partial charge in [0.2, 0.25) is 0 Å². The molecular formula is C17H20O7. The number of aliphatic carboxylic acids is 1. The summed E-state index contributed by atoms with van der Waals surface area (Å²) in [5.41, 5.74) is 1.55. The predicted molar refractivity (Wildman–Crippen MR) is 82.4 cm³/mol. The molecule has 1 aromatic carbocycles. The van der Waals surface area contributed by atoms with E-state index in [0.717, 1.165) is 5.56 Å². The Hall–Kier alpha value is -2.28. The first-order chi connectivity index (χ1) is 11.3. The van der Waals surface area contributed by atoms with E-state index in [1.165, 1.54) is 7.11 Å². The first-order valence-electron chi connectivity index (χ1n) is 7.76. The Bertz CT molecular complexity index is 724. The molecule has 0 radical (unpaired) electrons. The smallest absolute Gasteiger partial charge is 0.342 e. The third-order valence-corrected chi connectivity index (χ3v) is 4.91. The largest absolute Gasteiger partial charge is 0.507 e. The molecule has 2 heterocycles. The van der Waals surface area contributed by atoms with Crippen molar-refractivity contribution in [3.05, 3.63) is 22.3 Å². The number of cyclic esters (lactones) is 1. The van der Waals surface area contributed by atoms with Crippen LogP contribution < -0.4 is 4.74 Å². The number of carboxylic acids is 1. The molecule has 130 valence electrons. The highest BCUT2D eigenvalue weighted by molar-refractivity contribution is 5.98. The van der Waals surface area contributed by atoms with Crippen molar-refractivity contribution in [1.82, 2.24) is 0 Å². The van der Waals surface area contributed by atoms with Gasteiger partial charge in [-0.3, -0.25) is 4.79 Å². The lowest BCUT2D eigenvalue weighted by Crippen LogP contribution is -2.15. The molecule has 2 atom stereocenters. The molecule has 0 aliphatic carbocycles. The number of ether oxygens (including phenoxy) is 3. The molecule has 3 rings (SSSR count). The van der Waals surface area contributed by atoms with Crippen LogP contribution in [-0.4, -0.2) is 41.0 Å². The van der Waals surface area contributed by atoms with E-state index in [1.807, 2.05) is 13.8 Å². The lowest BCUT2D eigenvalue weighted by molar-refractivity contribution is -0.137. The molecule has 0 spiro atoms. The number of aromatic hydroxyl groups is 1. The van der Waals surface area contributed by atoms with Crippen molar-refractivity contribution in [2.24, 2.45) is 0 Å². The van der Waals surface area contributed by atoms with Gasteiger partial charge in [-0.15, -0.1) is 0 Å². The summed E-state index contributed by atoms with van der Waals surface area (Å²) in [6.45, 7) is 3.79.